The average Bonchev–Trinajstić information content (AvgIpc) is 2.82. The number of fused-ring (bicyclic) bond motifs is 1. The van der Waals surface area contributed by atoms with Gasteiger partial charge in [-0.25, -0.2) is 0 Å². The highest BCUT2D eigenvalue weighted by Gasteiger charge is 2.15. The molecule has 1 aromatic rings. The maximum atomic E-state index is 11.2. The molecular formula is C14H17NO5. The first kappa shape index (κ1) is 14.3. The SMILES string of the molecule is CC(=O)CN(CCC(=O)O)Cc1ccc2c(c1)OCO2. The summed E-state index contributed by atoms with van der Waals surface area (Å²) < 4.78 is 10.5. The van der Waals surface area contributed by atoms with Crippen LogP contribution in [0.3, 0.4) is 0 Å². The summed E-state index contributed by atoms with van der Waals surface area (Å²) in [6.45, 7) is 2.79. The minimum atomic E-state index is -0.871. The largest absolute Gasteiger partial charge is 0.481 e. The van der Waals surface area contributed by atoms with Gasteiger partial charge in [0.1, 0.15) is 5.78 Å². The normalized spacial score (nSPS) is 12.7. The van der Waals surface area contributed by atoms with Gasteiger partial charge in [0.05, 0.1) is 13.0 Å². The third-order valence-electron chi connectivity index (χ3n) is 2.93. The third-order valence-corrected chi connectivity index (χ3v) is 2.93. The lowest BCUT2D eigenvalue weighted by Crippen LogP contribution is -2.30. The van der Waals surface area contributed by atoms with E-state index in [9.17, 15) is 9.59 Å². The number of hydrogen-bond donors (Lipinski definition) is 1. The average molecular weight is 279 g/mol. The van der Waals surface area contributed by atoms with Crippen molar-refractivity contribution >= 4 is 11.8 Å². The van der Waals surface area contributed by atoms with Gasteiger partial charge in [-0.1, -0.05) is 6.07 Å². The van der Waals surface area contributed by atoms with Crippen LogP contribution < -0.4 is 9.47 Å². The number of carboxylic acids is 1. The molecule has 0 amide bonds. The predicted molar refractivity (Wildman–Crippen MR) is 70.8 cm³/mol. The molecule has 0 aromatic heterocycles. The first-order chi connectivity index (χ1) is 9.54. The molecule has 1 aliphatic heterocycles. The zero-order valence-corrected chi connectivity index (χ0v) is 11.3. The molecule has 20 heavy (non-hydrogen) atoms. The van der Waals surface area contributed by atoms with Crippen molar-refractivity contribution in [2.24, 2.45) is 0 Å². The van der Waals surface area contributed by atoms with E-state index < -0.39 is 5.97 Å². The van der Waals surface area contributed by atoms with Crippen LogP contribution in [-0.4, -0.2) is 41.6 Å². The second kappa shape index (κ2) is 6.38. The summed E-state index contributed by atoms with van der Waals surface area (Å²) in [5.74, 6) is 0.529. The molecule has 2 rings (SSSR count). The number of benzene rings is 1. The number of carbonyl (C=O) groups excluding carboxylic acids is 1. The van der Waals surface area contributed by atoms with Crippen molar-refractivity contribution in [1.29, 1.82) is 0 Å². The lowest BCUT2D eigenvalue weighted by Gasteiger charge is -2.20. The summed E-state index contributed by atoms with van der Waals surface area (Å²) in [4.78, 5) is 23.7. The molecule has 1 aliphatic rings. The van der Waals surface area contributed by atoms with E-state index in [0.717, 1.165) is 5.56 Å². The molecule has 0 saturated heterocycles. The molecule has 0 saturated carbocycles. The van der Waals surface area contributed by atoms with Crippen molar-refractivity contribution in [3.8, 4) is 11.5 Å². The van der Waals surface area contributed by atoms with Crippen LogP contribution in [0.4, 0.5) is 0 Å². The Labute approximate surface area is 116 Å². The number of ether oxygens (including phenoxy) is 2. The van der Waals surface area contributed by atoms with Gasteiger partial charge in [-0.3, -0.25) is 14.5 Å². The number of carboxylic acid groups (broad SMARTS) is 1. The Hall–Kier alpha value is -2.08. The topological polar surface area (TPSA) is 76.1 Å². The number of aliphatic carboxylic acids is 1. The van der Waals surface area contributed by atoms with Gasteiger partial charge in [0.25, 0.3) is 0 Å². The highest BCUT2D eigenvalue weighted by atomic mass is 16.7. The first-order valence-corrected chi connectivity index (χ1v) is 6.36. The molecule has 108 valence electrons. The molecule has 0 atom stereocenters. The Morgan fingerprint density at radius 2 is 2.05 bits per heavy atom. The van der Waals surface area contributed by atoms with Crippen LogP contribution in [0.15, 0.2) is 18.2 Å². The minimum absolute atomic E-state index is 0.0103. The molecule has 0 aliphatic carbocycles. The lowest BCUT2D eigenvalue weighted by molar-refractivity contribution is -0.137. The Morgan fingerprint density at radius 3 is 2.75 bits per heavy atom. The molecule has 0 fully saturated rings. The zero-order chi connectivity index (χ0) is 14.5. The highest BCUT2D eigenvalue weighted by molar-refractivity contribution is 5.77. The molecule has 1 N–H and O–H groups in total. The number of hydrogen-bond acceptors (Lipinski definition) is 5. The maximum Gasteiger partial charge on any atom is 0.304 e. The predicted octanol–water partition coefficient (Wildman–Crippen LogP) is 1.28. The van der Waals surface area contributed by atoms with Gasteiger partial charge in [-0.15, -0.1) is 0 Å². The van der Waals surface area contributed by atoms with Crippen LogP contribution in [0, 0.1) is 0 Å². The summed E-state index contributed by atoms with van der Waals surface area (Å²) in [6.07, 6.45) is 0.0117. The van der Waals surface area contributed by atoms with Gasteiger partial charge in [0.2, 0.25) is 6.79 Å². The fourth-order valence-electron chi connectivity index (χ4n) is 2.08. The summed E-state index contributed by atoms with van der Waals surface area (Å²) in [5.41, 5.74) is 0.959. The van der Waals surface area contributed by atoms with Crippen LogP contribution in [-0.2, 0) is 16.1 Å². The fourth-order valence-corrected chi connectivity index (χ4v) is 2.08. The van der Waals surface area contributed by atoms with Crippen molar-refractivity contribution in [2.45, 2.75) is 19.9 Å². The van der Waals surface area contributed by atoms with Gasteiger partial charge in [0, 0.05) is 13.1 Å². The van der Waals surface area contributed by atoms with E-state index >= 15 is 0 Å². The lowest BCUT2D eigenvalue weighted by atomic mass is 10.1. The number of rotatable bonds is 7. The number of ketones is 1. The van der Waals surface area contributed by atoms with Crippen molar-refractivity contribution in [3.63, 3.8) is 0 Å². The van der Waals surface area contributed by atoms with E-state index in [0.29, 0.717) is 24.6 Å². The van der Waals surface area contributed by atoms with E-state index in [2.05, 4.69) is 0 Å². The van der Waals surface area contributed by atoms with Crippen molar-refractivity contribution in [2.75, 3.05) is 19.9 Å². The molecule has 6 heteroatoms. The van der Waals surface area contributed by atoms with Crippen molar-refractivity contribution in [3.05, 3.63) is 23.8 Å². The Balaban J connectivity index is 2.02. The molecule has 0 bridgehead atoms. The number of nitrogens with zero attached hydrogens (tertiary/aromatic N) is 1. The Kier molecular flexibility index (Phi) is 4.57. The van der Waals surface area contributed by atoms with Crippen LogP contribution in [0.1, 0.15) is 18.9 Å². The van der Waals surface area contributed by atoms with E-state index in [1.54, 1.807) is 0 Å². The fraction of sp³-hybridized carbons (Fsp3) is 0.429. The molecule has 0 unspecified atom stereocenters. The number of Topliss-reactive ketones (excluding diaryl/α,β-unsaturated/α-hetero) is 1. The molecule has 0 spiro atoms. The highest BCUT2D eigenvalue weighted by Crippen LogP contribution is 2.32. The number of carbonyl (C=O) groups is 2. The second-order valence-electron chi connectivity index (χ2n) is 4.74. The summed E-state index contributed by atoms with van der Waals surface area (Å²) in [5, 5.41) is 8.74. The van der Waals surface area contributed by atoms with Crippen molar-refractivity contribution < 1.29 is 24.2 Å². The van der Waals surface area contributed by atoms with Crippen LogP contribution >= 0.6 is 0 Å². The third kappa shape index (κ3) is 3.96. The maximum absolute atomic E-state index is 11.2. The summed E-state index contributed by atoms with van der Waals surface area (Å²) in [6, 6.07) is 5.57. The molecular weight excluding hydrogens is 262 g/mol. The molecule has 6 nitrogen and oxygen atoms in total. The molecule has 0 radical (unpaired) electrons. The van der Waals surface area contributed by atoms with Gasteiger partial charge >= 0.3 is 5.97 Å². The monoisotopic (exact) mass is 279 g/mol. The second-order valence-corrected chi connectivity index (χ2v) is 4.74. The van der Waals surface area contributed by atoms with E-state index in [1.165, 1.54) is 6.92 Å². The Bertz CT molecular complexity index is 514. The quantitative estimate of drug-likeness (QED) is 0.810. The smallest absolute Gasteiger partial charge is 0.304 e. The van der Waals surface area contributed by atoms with Crippen molar-refractivity contribution in [1.82, 2.24) is 4.90 Å². The van der Waals surface area contributed by atoms with Crippen LogP contribution in [0.2, 0.25) is 0 Å². The Morgan fingerprint density at radius 1 is 1.30 bits per heavy atom. The van der Waals surface area contributed by atoms with Gasteiger partial charge < -0.3 is 14.6 Å². The first-order valence-electron chi connectivity index (χ1n) is 6.36. The van der Waals surface area contributed by atoms with Crippen LogP contribution in [0.25, 0.3) is 0 Å². The van der Waals surface area contributed by atoms with Gasteiger partial charge in [0.15, 0.2) is 11.5 Å². The summed E-state index contributed by atoms with van der Waals surface area (Å²) >= 11 is 0. The van der Waals surface area contributed by atoms with E-state index in [4.69, 9.17) is 14.6 Å². The molecule has 1 heterocycles. The molecule has 1 aromatic carbocycles. The minimum Gasteiger partial charge on any atom is -0.481 e. The van der Waals surface area contributed by atoms with Crippen LogP contribution in [0.5, 0.6) is 11.5 Å². The van der Waals surface area contributed by atoms with E-state index in [-0.39, 0.29) is 25.5 Å². The van der Waals surface area contributed by atoms with Gasteiger partial charge in [-0.2, -0.15) is 0 Å². The standard InChI is InChI=1S/C14H17NO5/c1-10(16)7-15(5-4-14(17)18)8-11-2-3-12-13(6-11)20-9-19-12/h2-3,6H,4-5,7-9H2,1H3,(H,17,18). The summed E-state index contributed by atoms with van der Waals surface area (Å²) in [7, 11) is 0. The van der Waals surface area contributed by atoms with E-state index in [1.807, 2.05) is 23.1 Å². The van der Waals surface area contributed by atoms with Gasteiger partial charge in [-0.05, 0) is 24.6 Å². The zero-order valence-electron chi connectivity index (χ0n) is 11.3.